The van der Waals surface area contributed by atoms with Gasteiger partial charge in [0.25, 0.3) is 0 Å². The largest absolute Gasteiger partial charge is 0.272 e. The SMILES string of the molecule is CCCC(C)(CC)Cc1cn(CC)nc1C. The van der Waals surface area contributed by atoms with Gasteiger partial charge in [-0.25, -0.2) is 0 Å². The number of rotatable bonds is 6. The molecule has 0 radical (unpaired) electrons. The predicted octanol–water partition coefficient (Wildman–Crippen LogP) is 3.97. The minimum absolute atomic E-state index is 0.446. The van der Waals surface area contributed by atoms with Crippen LogP contribution in [0.4, 0.5) is 0 Å². The standard InChI is InChI=1S/C14H26N2/c1-6-9-14(5,7-2)10-13-11-16(8-3)15-12(13)4/h11H,6-10H2,1-5H3. The monoisotopic (exact) mass is 222 g/mol. The molecule has 0 aliphatic heterocycles. The van der Waals surface area contributed by atoms with Gasteiger partial charge in [0.1, 0.15) is 0 Å². The van der Waals surface area contributed by atoms with Crippen LogP contribution < -0.4 is 0 Å². The van der Waals surface area contributed by atoms with E-state index in [1.165, 1.54) is 36.9 Å². The molecule has 0 spiro atoms. The maximum absolute atomic E-state index is 4.52. The van der Waals surface area contributed by atoms with Crippen molar-refractivity contribution in [3.8, 4) is 0 Å². The van der Waals surface area contributed by atoms with Crippen molar-refractivity contribution in [3.05, 3.63) is 17.5 Å². The Morgan fingerprint density at radius 2 is 2.00 bits per heavy atom. The molecule has 1 aromatic rings. The van der Waals surface area contributed by atoms with Gasteiger partial charge in [-0.05, 0) is 37.7 Å². The second kappa shape index (κ2) is 5.51. The highest BCUT2D eigenvalue weighted by Gasteiger charge is 2.23. The third kappa shape index (κ3) is 3.10. The van der Waals surface area contributed by atoms with Crippen LogP contribution in [0.2, 0.25) is 0 Å². The first kappa shape index (κ1) is 13.3. The molecule has 0 bridgehead atoms. The van der Waals surface area contributed by atoms with Crippen molar-refractivity contribution >= 4 is 0 Å². The van der Waals surface area contributed by atoms with Crippen LogP contribution >= 0.6 is 0 Å². The van der Waals surface area contributed by atoms with Gasteiger partial charge in [-0.1, -0.05) is 33.6 Å². The highest BCUT2D eigenvalue weighted by molar-refractivity contribution is 5.17. The Morgan fingerprint density at radius 1 is 1.31 bits per heavy atom. The Kier molecular flexibility index (Phi) is 4.57. The molecule has 1 unspecified atom stereocenters. The lowest BCUT2D eigenvalue weighted by Gasteiger charge is -2.27. The Labute approximate surface area is 100 Å². The molecule has 0 N–H and O–H groups in total. The lowest BCUT2D eigenvalue weighted by Crippen LogP contribution is -2.18. The Hall–Kier alpha value is -0.790. The summed E-state index contributed by atoms with van der Waals surface area (Å²) in [5, 5.41) is 4.52. The summed E-state index contributed by atoms with van der Waals surface area (Å²) in [5.41, 5.74) is 3.08. The molecule has 1 rings (SSSR count). The predicted molar refractivity (Wildman–Crippen MR) is 69.6 cm³/mol. The van der Waals surface area contributed by atoms with Crippen LogP contribution in [-0.4, -0.2) is 9.78 Å². The minimum atomic E-state index is 0.446. The first-order chi connectivity index (χ1) is 7.54. The summed E-state index contributed by atoms with van der Waals surface area (Å²) >= 11 is 0. The Balaban J connectivity index is 2.80. The van der Waals surface area contributed by atoms with Crippen molar-refractivity contribution in [2.45, 2.75) is 66.8 Å². The summed E-state index contributed by atoms with van der Waals surface area (Å²) in [6, 6.07) is 0. The minimum Gasteiger partial charge on any atom is -0.272 e. The third-order valence-corrected chi connectivity index (χ3v) is 3.70. The van der Waals surface area contributed by atoms with Crippen molar-refractivity contribution in [1.82, 2.24) is 9.78 Å². The number of hydrogen-bond acceptors (Lipinski definition) is 1. The van der Waals surface area contributed by atoms with Crippen molar-refractivity contribution < 1.29 is 0 Å². The summed E-state index contributed by atoms with van der Waals surface area (Å²) < 4.78 is 2.05. The zero-order valence-electron chi connectivity index (χ0n) is 11.5. The van der Waals surface area contributed by atoms with E-state index in [9.17, 15) is 0 Å². The van der Waals surface area contributed by atoms with Crippen LogP contribution in [-0.2, 0) is 13.0 Å². The number of hydrogen-bond donors (Lipinski definition) is 0. The van der Waals surface area contributed by atoms with E-state index < -0.39 is 0 Å². The first-order valence-corrected chi connectivity index (χ1v) is 6.57. The topological polar surface area (TPSA) is 17.8 Å². The van der Waals surface area contributed by atoms with Crippen LogP contribution in [0.5, 0.6) is 0 Å². The fourth-order valence-corrected chi connectivity index (χ4v) is 2.35. The fraction of sp³-hybridized carbons (Fsp3) is 0.786. The van der Waals surface area contributed by atoms with E-state index in [-0.39, 0.29) is 0 Å². The smallest absolute Gasteiger partial charge is 0.0625 e. The van der Waals surface area contributed by atoms with E-state index in [1.54, 1.807) is 0 Å². The number of nitrogens with zero attached hydrogens (tertiary/aromatic N) is 2. The molecule has 1 heterocycles. The van der Waals surface area contributed by atoms with Gasteiger partial charge >= 0.3 is 0 Å². The average molecular weight is 222 g/mol. The van der Waals surface area contributed by atoms with Gasteiger partial charge in [-0.3, -0.25) is 4.68 Å². The molecule has 92 valence electrons. The van der Waals surface area contributed by atoms with E-state index in [0.717, 1.165) is 6.54 Å². The van der Waals surface area contributed by atoms with Gasteiger partial charge in [0.15, 0.2) is 0 Å². The highest BCUT2D eigenvalue weighted by Crippen LogP contribution is 2.32. The molecule has 2 nitrogen and oxygen atoms in total. The normalized spacial score (nSPS) is 15.1. The van der Waals surface area contributed by atoms with Crippen molar-refractivity contribution in [2.75, 3.05) is 0 Å². The van der Waals surface area contributed by atoms with Gasteiger partial charge in [-0.15, -0.1) is 0 Å². The van der Waals surface area contributed by atoms with Crippen LogP contribution in [0, 0.1) is 12.3 Å². The molecular weight excluding hydrogens is 196 g/mol. The summed E-state index contributed by atoms with van der Waals surface area (Å²) in [7, 11) is 0. The fourth-order valence-electron chi connectivity index (χ4n) is 2.35. The summed E-state index contributed by atoms with van der Waals surface area (Å²) in [6.45, 7) is 12.2. The third-order valence-electron chi connectivity index (χ3n) is 3.70. The zero-order chi connectivity index (χ0) is 12.2. The highest BCUT2D eigenvalue weighted by atomic mass is 15.3. The molecule has 16 heavy (non-hydrogen) atoms. The second-order valence-electron chi connectivity index (χ2n) is 5.19. The van der Waals surface area contributed by atoms with Crippen LogP contribution in [0.3, 0.4) is 0 Å². The quantitative estimate of drug-likeness (QED) is 0.712. The van der Waals surface area contributed by atoms with Crippen molar-refractivity contribution in [2.24, 2.45) is 5.41 Å². The molecule has 0 saturated carbocycles. The molecule has 0 fully saturated rings. The van der Waals surface area contributed by atoms with Gasteiger partial charge in [0.2, 0.25) is 0 Å². The Bertz CT molecular complexity index is 327. The first-order valence-electron chi connectivity index (χ1n) is 6.57. The van der Waals surface area contributed by atoms with Crippen molar-refractivity contribution in [1.29, 1.82) is 0 Å². The van der Waals surface area contributed by atoms with Gasteiger partial charge in [0.05, 0.1) is 5.69 Å². The molecule has 0 amide bonds. The van der Waals surface area contributed by atoms with E-state index >= 15 is 0 Å². The zero-order valence-corrected chi connectivity index (χ0v) is 11.5. The van der Waals surface area contributed by atoms with E-state index in [0.29, 0.717) is 5.41 Å². The average Bonchev–Trinajstić information content (AvgIpc) is 2.60. The van der Waals surface area contributed by atoms with Gasteiger partial charge in [-0.2, -0.15) is 5.10 Å². The number of aryl methyl sites for hydroxylation is 2. The van der Waals surface area contributed by atoms with Gasteiger partial charge < -0.3 is 0 Å². The number of aromatic nitrogens is 2. The van der Waals surface area contributed by atoms with Crippen LogP contribution in [0.15, 0.2) is 6.20 Å². The maximum atomic E-state index is 4.52. The van der Waals surface area contributed by atoms with Crippen molar-refractivity contribution in [3.63, 3.8) is 0 Å². The Morgan fingerprint density at radius 3 is 2.44 bits per heavy atom. The summed E-state index contributed by atoms with van der Waals surface area (Å²) in [4.78, 5) is 0. The molecule has 1 atom stereocenters. The lowest BCUT2D eigenvalue weighted by atomic mass is 9.78. The molecular formula is C14H26N2. The van der Waals surface area contributed by atoms with E-state index in [4.69, 9.17) is 0 Å². The lowest BCUT2D eigenvalue weighted by molar-refractivity contribution is 0.279. The summed E-state index contributed by atoms with van der Waals surface area (Å²) in [6.07, 6.45) is 7.21. The van der Waals surface area contributed by atoms with Crippen LogP contribution in [0.25, 0.3) is 0 Å². The summed E-state index contributed by atoms with van der Waals surface area (Å²) in [5.74, 6) is 0. The van der Waals surface area contributed by atoms with E-state index in [1.807, 2.05) is 4.68 Å². The molecule has 0 aromatic carbocycles. The molecule has 0 aliphatic carbocycles. The second-order valence-corrected chi connectivity index (χ2v) is 5.19. The molecule has 2 heteroatoms. The molecule has 0 saturated heterocycles. The molecule has 0 aliphatic rings. The maximum Gasteiger partial charge on any atom is 0.0625 e. The van der Waals surface area contributed by atoms with E-state index in [2.05, 4.69) is 45.9 Å². The molecule has 1 aromatic heterocycles. The van der Waals surface area contributed by atoms with Crippen LogP contribution in [0.1, 0.15) is 58.2 Å². The van der Waals surface area contributed by atoms with Gasteiger partial charge in [0, 0.05) is 12.7 Å².